The Kier molecular flexibility index (Phi) is 3.52. The van der Waals surface area contributed by atoms with Gasteiger partial charge in [0.25, 0.3) is 0 Å². The topological polar surface area (TPSA) is 9.23 Å². The van der Waals surface area contributed by atoms with Gasteiger partial charge < -0.3 is 4.74 Å². The number of fused-ring (bicyclic) bond motifs is 1. The molecule has 3 rings (SSSR count). The second-order valence-electron chi connectivity index (χ2n) is 5.13. The predicted molar refractivity (Wildman–Crippen MR) is 81.3 cm³/mol. The van der Waals surface area contributed by atoms with Crippen molar-refractivity contribution in [3.05, 3.63) is 59.2 Å². The molecule has 0 aromatic heterocycles. The van der Waals surface area contributed by atoms with E-state index in [4.69, 9.17) is 4.74 Å². The number of benzene rings is 2. The van der Waals surface area contributed by atoms with Crippen LogP contribution in [0.1, 0.15) is 22.6 Å². The van der Waals surface area contributed by atoms with Gasteiger partial charge in [-0.05, 0) is 42.7 Å². The van der Waals surface area contributed by atoms with Gasteiger partial charge in [-0.15, -0.1) is 11.8 Å². The number of rotatable bonds is 3. The fourth-order valence-electron chi connectivity index (χ4n) is 2.42. The molecule has 0 aliphatic carbocycles. The lowest BCUT2D eigenvalue weighted by Crippen LogP contribution is -2.10. The molecule has 0 saturated carbocycles. The fraction of sp³-hybridized carbons (Fsp3) is 0.294. The highest BCUT2D eigenvalue weighted by Gasteiger charge is 2.23. The van der Waals surface area contributed by atoms with Crippen LogP contribution in [0.25, 0.3) is 0 Å². The molecule has 0 radical (unpaired) electrons. The smallest absolute Gasteiger partial charge is 0.122 e. The predicted octanol–water partition coefficient (Wildman–Crippen LogP) is 4.57. The molecule has 1 heterocycles. The summed E-state index contributed by atoms with van der Waals surface area (Å²) in [5, 5.41) is 0. The molecule has 0 spiro atoms. The van der Waals surface area contributed by atoms with Crippen molar-refractivity contribution in [1.82, 2.24) is 0 Å². The van der Waals surface area contributed by atoms with Gasteiger partial charge in [0.05, 0.1) is 6.61 Å². The molecule has 1 nitrogen and oxygen atoms in total. The minimum absolute atomic E-state index is 0.515. The van der Waals surface area contributed by atoms with E-state index >= 15 is 0 Å². The van der Waals surface area contributed by atoms with Crippen molar-refractivity contribution >= 4 is 11.8 Å². The van der Waals surface area contributed by atoms with Crippen molar-refractivity contribution in [2.75, 3.05) is 12.4 Å². The van der Waals surface area contributed by atoms with Crippen molar-refractivity contribution in [3.63, 3.8) is 0 Å². The molecule has 0 saturated heterocycles. The fourth-order valence-corrected chi connectivity index (χ4v) is 3.65. The SMILES string of the molecule is Cc1ccc(C)c(OCC2CSc3ccccc32)c1. The van der Waals surface area contributed by atoms with Crippen LogP contribution in [0, 0.1) is 13.8 Å². The Labute approximate surface area is 119 Å². The van der Waals surface area contributed by atoms with Crippen LogP contribution in [0.5, 0.6) is 5.75 Å². The third-order valence-electron chi connectivity index (χ3n) is 3.58. The van der Waals surface area contributed by atoms with Crippen LogP contribution in [0.4, 0.5) is 0 Å². The number of hydrogen-bond donors (Lipinski definition) is 0. The molecule has 1 unspecified atom stereocenters. The molecule has 2 heteroatoms. The summed E-state index contributed by atoms with van der Waals surface area (Å²) in [6.45, 7) is 4.98. The van der Waals surface area contributed by atoms with E-state index in [-0.39, 0.29) is 0 Å². The molecular weight excluding hydrogens is 252 g/mol. The summed E-state index contributed by atoms with van der Waals surface area (Å²) in [6.07, 6.45) is 0. The zero-order valence-electron chi connectivity index (χ0n) is 11.3. The van der Waals surface area contributed by atoms with Crippen LogP contribution in [0.3, 0.4) is 0 Å². The van der Waals surface area contributed by atoms with E-state index in [1.807, 2.05) is 11.8 Å². The maximum absolute atomic E-state index is 6.05. The van der Waals surface area contributed by atoms with Crippen LogP contribution in [-0.4, -0.2) is 12.4 Å². The zero-order chi connectivity index (χ0) is 13.2. The number of ether oxygens (including phenoxy) is 1. The van der Waals surface area contributed by atoms with Gasteiger partial charge in [0.2, 0.25) is 0 Å². The lowest BCUT2D eigenvalue weighted by molar-refractivity contribution is 0.296. The number of hydrogen-bond acceptors (Lipinski definition) is 2. The van der Waals surface area contributed by atoms with E-state index in [1.54, 1.807) is 0 Å². The van der Waals surface area contributed by atoms with Gasteiger partial charge in [-0.2, -0.15) is 0 Å². The molecule has 1 aliphatic heterocycles. The van der Waals surface area contributed by atoms with Crippen molar-refractivity contribution in [3.8, 4) is 5.75 Å². The summed E-state index contributed by atoms with van der Waals surface area (Å²) in [6, 6.07) is 15.0. The molecule has 1 aliphatic rings. The van der Waals surface area contributed by atoms with E-state index in [0.29, 0.717) is 5.92 Å². The molecule has 1 atom stereocenters. The summed E-state index contributed by atoms with van der Waals surface area (Å²) in [5.74, 6) is 2.67. The van der Waals surface area contributed by atoms with E-state index in [9.17, 15) is 0 Å². The normalized spacial score (nSPS) is 17.3. The zero-order valence-corrected chi connectivity index (χ0v) is 12.2. The van der Waals surface area contributed by atoms with E-state index in [2.05, 4.69) is 56.3 Å². The van der Waals surface area contributed by atoms with Crippen molar-refractivity contribution in [2.45, 2.75) is 24.7 Å². The Morgan fingerprint density at radius 1 is 1.16 bits per heavy atom. The third-order valence-corrected chi connectivity index (χ3v) is 4.83. The number of aryl methyl sites for hydroxylation is 2. The lowest BCUT2D eigenvalue weighted by Gasteiger charge is -2.14. The first-order valence-corrected chi connectivity index (χ1v) is 7.64. The Balaban J connectivity index is 1.72. The Morgan fingerprint density at radius 2 is 2.00 bits per heavy atom. The standard InChI is InChI=1S/C17H18OS/c1-12-7-8-13(2)16(9-12)18-10-14-11-19-17-6-4-3-5-15(14)17/h3-9,14H,10-11H2,1-2H3. The first-order chi connectivity index (χ1) is 9.24. The van der Waals surface area contributed by atoms with Crippen LogP contribution in [0.15, 0.2) is 47.4 Å². The Hall–Kier alpha value is -1.41. The average molecular weight is 270 g/mol. The Morgan fingerprint density at radius 3 is 2.89 bits per heavy atom. The molecule has 98 valence electrons. The molecule has 0 fully saturated rings. The highest BCUT2D eigenvalue weighted by atomic mass is 32.2. The van der Waals surface area contributed by atoms with Crippen LogP contribution in [0.2, 0.25) is 0 Å². The third kappa shape index (κ3) is 2.64. The summed E-state index contributed by atoms with van der Waals surface area (Å²) in [4.78, 5) is 1.41. The van der Waals surface area contributed by atoms with Gasteiger partial charge in [0, 0.05) is 16.6 Å². The first kappa shape index (κ1) is 12.6. The van der Waals surface area contributed by atoms with Crippen molar-refractivity contribution in [1.29, 1.82) is 0 Å². The number of thioether (sulfide) groups is 1. The largest absolute Gasteiger partial charge is 0.493 e. The maximum atomic E-state index is 6.05. The van der Waals surface area contributed by atoms with Crippen LogP contribution >= 0.6 is 11.8 Å². The van der Waals surface area contributed by atoms with Gasteiger partial charge in [0.1, 0.15) is 5.75 Å². The maximum Gasteiger partial charge on any atom is 0.122 e. The lowest BCUT2D eigenvalue weighted by atomic mass is 10.0. The van der Waals surface area contributed by atoms with E-state index in [0.717, 1.165) is 18.1 Å². The molecule has 0 bridgehead atoms. The molecular formula is C17H18OS. The first-order valence-electron chi connectivity index (χ1n) is 6.66. The second-order valence-corrected chi connectivity index (χ2v) is 6.19. The molecule has 2 aromatic rings. The van der Waals surface area contributed by atoms with Crippen LogP contribution < -0.4 is 4.74 Å². The van der Waals surface area contributed by atoms with Gasteiger partial charge in [-0.3, -0.25) is 0 Å². The quantitative estimate of drug-likeness (QED) is 0.808. The second kappa shape index (κ2) is 5.30. The Bertz CT molecular complexity index is 592. The monoisotopic (exact) mass is 270 g/mol. The molecule has 19 heavy (non-hydrogen) atoms. The molecule has 0 N–H and O–H groups in total. The van der Waals surface area contributed by atoms with Crippen molar-refractivity contribution < 1.29 is 4.74 Å². The van der Waals surface area contributed by atoms with Gasteiger partial charge in [0.15, 0.2) is 0 Å². The summed E-state index contributed by atoms with van der Waals surface area (Å²) in [5.41, 5.74) is 3.91. The highest BCUT2D eigenvalue weighted by Crippen LogP contribution is 2.39. The summed E-state index contributed by atoms with van der Waals surface area (Å²) >= 11 is 1.94. The van der Waals surface area contributed by atoms with Gasteiger partial charge >= 0.3 is 0 Å². The molecule has 0 amide bonds. The highest BCUT2D eigenvalue weighted by molar-refractivity contribution is 7.99. The van der Waals surface area contributed by atoms with E-state index in [1.165, 1.54) is 21.6 Å². The van der Waals surface area contributed by atoms with Crippen LogP contribution in [-0.2, 0) is 0 Å². The van der Waals surface area contributed by atoms with Gasteiger partial charge in [-0.25, -0.2) is 0 Å². The van der Waals surface area contributed by atoms with E-state index < -0.39 is 0 Å². The minimum atomic E-state index is 0.515. The summed E-state index contributed by atoms with van der Waals surface area (Å²) in [7, 11) is 0. The minimum Gasteiger partial charge on any atom is -0.493 e. The summed E-state index contributed by atoms with van der Waals surface area (Å²) < 4.78 is 6.05. The average Bonchev–Trinajstić information content (AvgIpc) is 2.83. The van der Waals surface area contributed by atoms with Crippen molar-refractivity contribution in [2.24, 2.45) is 0 Å². The van der Waals surface area contributed by atoms with Gasteiger partial charge in [-0.1, -0.05) is 30.3 Å². The molecule has 2 aromatic carbocycles.